The average Bonchev–Trinajstić information content (AvgIpc) is 3.15. The van der Waals surface area contributed by atoms with Crippen molar-refractivity contribution in [3.63, 3.8) is 0 Å². The van der Waals surface area contributed by atoms with Crippen LogP contribution in [0.1, 0.15) is 51.8 Å². The van der Waals surface area contributed by atoms with Gasteiger partial charge in [0.05, 0.1) is 12.1 Å². The second kappa shape index (κ2) is 8.86. The maximum atomic E-state index is 13.0. The molecule has 1 aliphatic rings. The Labute approximate surface area is 168 Å². The number of nitrogens with one attached hydrogen (secondary N) is 2. The second-order valence-corrected chi connectivity index (χ2v) is 8.82. The summed E-state index contributed by atoms with van der Waals surface area (Å²) in [6, 6.07) is 1.21. The average molecular weight is 405 g/mol. The molecule has 2 amide bonds. The second-order valence-electron chi connectivity index (χ2n) is 7.91. The van der Waals surface area contributed by atoms with Crippen molar-refractivity contribution in [3.05, 3.63) is 27.6 Å². The third-order valence-electron chi connectivity index (χ3n) is 5.33. The molecule has 1 fully saturated rings. The molecule has 1 aliphatic carbocycles. The molecule has 0 unspecified atom stereocenters. The fourth-order valence-corrected chi connectivity index (χ4v) is 4.41. The minimum atomic E-state index is -0.587. The van der Waals surface area contributed by atoms with Gasteiger partial charge in [-0.2, -0.15) is 0 Å². The third kappa shape index (κ3) is 4.60. The monoisotopic (exact) mass is 404 g/mol. The lowest BCUT2D eigenvalue weighted by atomic mass is 9.88. The number of fused-ring (bicyclic) bond motifs is 1. The van der Waals surface area contributed by atoms with Crippen molar-refractivity contribution in [1.82, 2.24) is 20.2 Å². The number of nitrogens with zero attached hydrogens (tertiary/aromatic N) is 2. The zero-order valence-electron chi connectivity index (χ0n) is 16.7. The van der Waals surface area contributed by atoms with E-state index in [0.717, 1.165) is 25.7 Å². The zero-order valence-corrected chi connectivity index (χ0v) is 17.5. The van der Waals surface area contributed by atoms with Crippen LogP contribution in [0.4, 0.5) is 0 Å². The van der Waals surface area contributed by atoms with Gasteiger partial charge in [-0.05, 0) is 30.2 Å². The Morgan fingerprint density at radius 3 is 2.71 bits per heavy atom. The summed E-state index contributed by atoms with van der Waals surface area (Å²) < 4.78 is 0.581. The van der Waals surface area contributed by atoms with Crippen LogP contribution in [0.3, 0.4) is 0 Å². The van der Waals surface area contributed by atoms with E-state index in [1.165, 1.54) is 22.7 Å². The Morgan fingerprint density at radius 2 is 2.04 bits per heavy atom. The van der Waals surface area contributed by atoms with E-state index in [-0.39, 0.29) is 35.8 Å². The highest BCUT2D eigenvalue weighted by molar-refractivity contribution is 7.17. The molecule has 0 bridgehead atoms. The van der Waals surface area contributed by atoms with Gasteiger partial charge in [-0.3, -0.25) is 14.4 Å². The molecule has 28 heavy (non-hydrogen) atoms. The molecule has 0 radical (unpaired) electrons. The summed E-state index contributed by atoms with van der Waals surface area (Å²) in [5.74, 6) is 0.215. The third-order valence-corrected chi connectivity index (χ3v) is 6.24. The number of carbonyl (C=O) groups is 2. The molecule has 0 saturated heterocycles. The molecule has 0 aromatic carbocycles. The van der Waals surface area contributed by atoms with Gasteiger partial charge in [0.25, 0.3) is 5.56 Å². The molecule has 2 aromatic rings. The first-order valence-electron chi connectivity index (χ1n) is 9.88. The summed E-state index contributed by atoms with van der Waals surface area (Å²) in [6.07, 6.45) is 5.11. The van der Waals surface area contributed by atoms with E-state index in [0.29, 0.717) is 16.0 Å². The summed E-state index contributed by atoms with van der Waals surface area (Å²) in [5.41, 5.74) is 0.442. The number of hydrogen-bond donors (Lipinski definition) is 2. The van der Waals surface area contributed by atoms with E-state index >= 15 is 0 Å². The summed E-state index contributed by atoms with van der Waals surface area (Å²) in [4.78, 5) is 46.4. The Bertz CT molecular complexity index is 898. The van der Waals surface area contributed by atoms with E-state index in [1.807, 2.05) is 19.2 Å². The van der Waals surface area contributed by atoms with Gasteiger partial charge in [0.15, 0.2) is 0 Å². The normalized spacial score (nSPS) is 16.3. The van der Waals surface area contributed by atoms with E-state index in [2.05, 4.69) is 15.3 Å². The largest absolute Gasteiger partial charge is 0.344 e. The maximum absolute atomic E-state index is 13.0. The molecule has 152 valence electrons. The first kappa shape index (κ1) is 20.5. The Kier molecular flexibility index (Phi) is 6.49. The fourth-order valence-electron chi connectivity index (χ4n) is 3.69. The highest BCUT2D eigenvalue weighted by atomic mass is 32.1. The zero-order chi connectivity index (χ0) is 20.3. The number of aromatic amines is 1. The highest BCUT2D eigenvalue weighted by Crippen LogP contribution is 2.24. The van der Waals surface area contributed by atoms with Crippen molar-refractivity contribution in [2.75, 3.05) is 7.05 Å². The fraction of sp³-hybridized carbons (Fsp3) is 0.600. The first-order valence-corrected chi connectivity index (χ1v) is 10.8. The highest BCUT2D eigenvalue weighted by Gasteiger charge is 2.30. The van der Waals surface area contributed by atoms with Crippen molar-refractivity contribution in [3.8, 4) is 0 Å². The molecular formula is C20H28N4O3S. The van der Waals surface area contributed by atoms with Gasteiger partial charge >= 0.3 is 0 Å². The molecule has 2 aromatic heterocycles. The molecular weight excluding hydrogens is 376 g/mol. The van der Waals surface area contributed by atoms with E-state index in [1.54, 1.807) is 13.1 Å². The summed E-state index contributed by atoms with van der Waals surface area (Å²) in [7, 11) is 1.67. The first-order chi connectivity index (χ1) is 13.4. The smallest absolute Gasteiger partial charge is 0.268 e. The van der Waals surface area contributed by atoms with Gasteiger partial charge in [-0.1, -0.05) is 33.1 Å². The van der Waals surface area contributed by atoms with Crippen LogP contribution >= 0.6 is 11.3 Å². The Hall–Kier alpha value is -2.22. The molecule has 0 spiro atoms. The van der Waals surface area contributed by atoms with E-state index in [4.69, 9.17) is 0 Å². The van der Waals surface area contributed by atoms with Crippen LogP contribution in [0.2, 0.25) is 0 Å². The van der Waals surface area contributed by atoms with E-state index < -0.39 is 6.04 Å². The Balaban J connectivity index is 1.69. The maximum Gasteiger partial charge on any atom is 0.268 e. The SMILES string of the molecule is CC(C)[C@@H](NC(=O)C1CCCCC1)C(=O)N(C)Cc1nc2ccsc2c(=O)[nH]1. The van der Waals surface area contributed by atoms with Crippen LogP contribution in [-0.4, -0.2) is 39.8 Å². The van der Waals surface area contributed by atoms with Crippen molar-refractivity contribution in [2.45, 2.75) is 58.5 Å². The van der Waals surface area contributed by atoms with Crippen LogP contribution in [0.25, 0.3) is 10.2 Å². The lowest BCUT2D eigenvalue weighted by Gasteiger charge is -2.29. The Morgan fingerprint density at radius 1 is 1.32 bits per heavy atom. The van der Waals surface area contributed by atoms with Gasteiger partial charge in [0.1, 0.15) is 16.6 Å². The van der Waals surface area contributed by atoms with Crippen LogP contribution in [-0.2, 0) is 16.1 Å². The van der Waals surface area contributed by atoms with Crippen molar-refractivity contribution < 1.29 is 9.59 Å². The molecule has 1 atom stereocenters. The summed E-state index contributed by atoms with van der Waals surface area (Å²) >= 11 is 1.34. The van der Waals surface area contributed by atoms with Crippen LogP contribution in [0.15, 0.2) is 16.2 Å². The van der Waals surface area contributed by atoms with E-state index in [9.17, 15) is 14.4 Å². The standard InChI is InChI=1S/C20H28N4O3S/c1-12(2)16(23-18(25)13-7-5-4-6-8-13)20(27)24(3)11-15-21-14-9-10-28-17(14)19(26)22-15/h9-10,12-13,16H,4-8,11H2,1-3H3,(H,23,25)(H,21,22,26)/t16-/m1/s1. The van der Waals surface area contributed by atoms with Gasteiger partial charge < -0.3 is 15.2 Å². The molecule has 8 heteroatoms. The lowest BCUT2D eigenvalue weighted by Crippen LogP contribution is -2.51. The number of thiophene rings is 1. The van der Waals surface area contributed by atoms with Crippen LogP contribution in [0.5, 0.6) is 0 Å². The number of likely N-dealkylation sites (N-methyl/N-ethyl adjacent to an activating group) is 1. The number of amides is 2. The minimum Gasteiger partial charge on any atom is -0.344 e. The number of carbonyl (C=O) groups excluding carboxylic acids is 2. The van der Waals surface area contributed by atoms with Crippen molar-refractivity contribution in [2.24, 2.45) is 11.8 Å². The number of rotatable bonds is 6. The predicted molar refractivity (Wildman–Crippen MR) is 110 cm³/mol. The molecule has 2 N–H and O–H groups in total. The molecule has 0 aliphatic heterocycles. The topological polar surface area (TPSA) is 95.2 Å². The van der Waals surface area contributed by atoms with Gasteiger partial charge in [-0.25, -0.2) is 4.98 Å². The molecule has 7 nitrogen and oxygen atoms in total. The van der Waals surface area contributed by atoms with Gasteiger partial charge in [0, 0.05) is 13.0 Å². The predicted octanol–water partition coefficient (Wildman–Crippen LogP) is 2.66. The minimum absolute atomic E-state index is 0.00660. The van der Waals surface area contributed by atoms with Crippen LogP contribution in [0, 0.1) is 11.8 Å². The van der Waals surface area contributed by atoms with Crippen LogP contribution < -0.4 is 10.9 Å². The van der Waals surface area contributed by atoms with Gasteiger partial charge in [0.2, 0.25) is 11.8 Å². The number of hydrogen-bond acceptors (Lipinski definition) is 5. The van der Waals surface area contributed by atoms with Crippen molar-refractivity contribution >= 4 is 33.4 Å². The molecule has 1 saturated carbocycles. The van der Waals surface area contributed by atoms with Crippen molar-refractivity contribution in [1.29, 1.82) is 0 Å². The molecule has 3 rings (SSSR count). The lowest BCUT2D eigenvalue weighted by molar-refractivity contribution is -0.138. The van der Waals surface area contributed by atoms with Gasteiger partial charge in [-0.15, -0.1) is 11.3 Å². The quantitative estimate of drug-likeness (QED) is 0.774. The number of H-pyrrole nitrogens is 1. The molecule has 2 heterocycles. The summed E-state index contributed by atoms with van der Waals surface area (Å²) in [6.45, 7) is 4.03. The summed E-state index contributed by atoms with van der Waals surface area (Å²) in [5, 5.41) is 4.79. The number of aromatic nitrogens is 2.